The van der Waals surface area contributed by atoms with Gasteiger partial charge in [-0.05, 0) is 24.7 Å². The molecule has 128 valence electrons. The van der Waals surface area contributed by atoms with Gasteiger partial charge in [0.25, 0.3) is 11.9 Å². The Bertz CT molecular complexity index is 887. The van der Waals surface area contributed by atoms with Crippen LogP contribution in [0.4, 0.5) is 5.69 Å². The number of amides is 1. The van der Waals surface area contributed by atoms with Crippen LogP contribution in [0.3, 0.4) is 0 Å². The molecular weight excluding hydrogens is 342 g/mol. The van der Waals surface area contributed by atoms with E-state index in [2.05, 4.69) is 5.32 Å². The highest BCUT2D eigenvalue weighted by atomic mass is 35.5. The molecule has 1 N–H and O–H groups in total. The van der Waals surface area contributed by atoms with Gasteiger partial charge in [0.1, 0.15) is 0 Å². The summed E-state index contributed by atoms with van der Waals surface area (Å²) >= 11 is 6.31. The lowest BCUT2D eigenvalue weighted by atomic mass is 9.79. The quantitative estimate of drug-likeness (QED) is 0.662. The van der Waals surface area contributed by atoms with Gasteiger partial charge in [-0.25, -0.2) is 0 Å². The predicted molar refractivity (Wildman–Crippen MR) is 94.4 cm³/mol. The van der Waals surface area contributed by atoms with Crippen LogP contribution >= 0.6 is 11.6 Å². The summed E-state index contributed by atoms with van der Waals surface area (Å²) in [7, 11) is 1.76. The zero-order valence-corrected chi connectivity index (χ0v) is 14.2. The Morgan fingerprint density at radius 2 is 1.92 bits per heavy atom. The largest absolute Gasteiger partial charge is 0.324 e. The van der Waals surface area contributed by atoms with Crippen molar-refractivity contribution in [2.24, 2.45) is 0 Å². The summed E-state index contributed by atoms with van der Waals surface area (Å²) in [5.74, 6) is -0.835. The van der Waals surface area contributed by atoms with E-state index in [4.69, 9.17) is 11.6 Å². The Kier molecular flexibility index (Phi) is 3.56. The first-order valence-electron chi connectivity index (χ1n) is 7.98. The first-order valence-corrected chi connectivity index (χ1v) is 8.36. The summed E-state index contributed by atoms with van der Waals surface area (Å²) < 4.78 is 0. The van der Waals surface area contributed by atoms with Crippen LogP contribution in [0.2, 0.25) is 5.02 Å². The highest BCUT2D eigenvalue weighted by molar-refractivity contribution is 6.31. The molecule has 0 aliphatic carbocycles. The third-order valence-electron chi connectivity index (χ3n) is 5.35. The fourth-order valence-corrected chi connectivity index (χ4v) is 4.61. The average Bonchev–Trinajstić information content (AvgIpc) is 3.05. The number of anilines is 1. The van der Waals surface area contributed by atoms with Gasteiger partial charge in [0.05, 0.1) is 5.92 Å². The average molecular weight is 358 g/mol. The molecule has 1 saturated heterocycles. The monoisotopic (exact) mass is 357 g/mol. The van der Waals surface area contributed by atoms with E-state index in [1.165, 1.54) is 0 Å². The number of carbonyl (C=O) groups excluding carboxylic acids is 1. The van der Waals surface area contributed by atoms with Gasteiger partial charge in [0.2, 0.25) is 0 Å². The summed E-state index contributed by atoms with van der Waals surface area (Å²) in [6.07, 6.45) is 0. The predicted octanol–water partition coefficient (Wildman–Crippen LogP) is 2.86. The second-order valence-electron chi connectivity index (χ2n) is 6.50. The first kappa shape index (κ1) is 16.1. The Morgan fingerprint density at radius 1 is 1.24 bits per heavy atom. The van der Waals surface area contributed by atoms with Crippen LogP contribution < -0.4 is 5.32 Å². The van der Waals surface area contributed by atoms with E-state index in [-0.39, 0.29) is 10.8 Å². The number of hydrogen-bond donors (Lipinski definition) is 1. The van der Waals surface area contributed by atoms with E-state index in [1.807, 2.05) is 6.07 Å². The second-order valence-corrected chi connectivity index (χ2v) is 6.91. The van der Waals surface area contributed by atoms with Gasteiger partial charge >= 0.3 is 0 Å². The first-order chi connectivity index (χ1) is 12.0. The van der Waals surface area contributed by atoms with Crippen molar-refractivity contribution in [1.82, 2.24) is 4.90 Å². The molecule has 2 aromatic rings. The Labute approximate surface area is 149 Å². The highest BCUT2D eigenvalue weighted by Gasteiger charge is 2.68. The van der Waals surface area contributed by atoms with Crippen molar-refractivity contribution < 1.29 is 9.72 Å². The SMILES string of the molecule is CN1C[C@@H](c2ccccc2Cl)[C@H]([N+](=O)[O-])[C@@]12C(=O)Nc1ccccc12. The van der Waals surface area contributed by atoms with Gasteiger partial charge in [-0.15, -0.1) is 0 Å². The molecule has 7 heteroatoms. The minimum absolute atomic E-state index is 0.334. The van der Waals surface area contributed by atoms with Crippen LogP contribution in [0, 0.1) is 10.1 Å². The molecule has 2 aliphatic heterocycles. The number of nitrogens with zero attached hydrogens (tertiary/aromatic N) is 2. The van der Waals surface area contributed by atoms with E-state index in [9.17, 15) is 14.9 Å². The molecule has 0 saturated carbocycles. The molecule has 2 aliphatic rings. The zero-order chi connectivity index (χ0) is 17.8. The summed E-state index contributed by atoms with van der Waals surface area (Å²) in [6, 6.07) is 13.2. The van der Waals surface area contributed by atoms with Crippen molar-refractivity contribution in [3.63, 3.8) is 0 Å². The number of halogens is 1. The maximum atomic E-state index is 13.0. The van der Waals surface area contributed by atoms with E-state index in [0.717, 1.165) is 0 Å². The number of likely N-dealkylation sites (tertiary alicyclic amines) is 1. The highest BCUT2D eigenvalue weighted by Crippen LogP contribution is 2.52. The van der Waals surface area contributed by atoms with Crippen LogP contribution in [-0.4, -0.2) is 35.4 Å². The number of carbonyl (C=O) groups is 1. The van der Waals surface area contributed by atoms with E-state index in [1.54, 1.807) is 54.4 Å². The van der Waals surface area contributed by atoms with Gasteiger partial charge in [-0.1, -0.05) is 48.0 Å². The van der Waals surface area contributed by atoms with Gasteiger partial charge in [-0.3, -0.25) is 19.8 Å². The second kappa shape index (κ2) is 5.54. The number of fused-ring (bicyclic) bond motifs is 2. The fraction of sp³-hybridized carbons (Fsp3) is 0.278. The van der Waals surface area contributed by atoms with E-state index >= 15 is 0 Å². The fourth-order valence-electron chi connectivity index (χ4n) is 4.34. The third kappa shape index (κ3) is 2.04. The number of rotatable bonds is 2. The molecule has 6 nitrogen and oxygen atoms in total. The van der Waals surface area contributed by atoms with E-state index in [0.29, 0.717) is 28.4 Å². The molecule has 1 spiro atoms. The molecule has 0 unspecified atom stereocenters. The van der Waals surface area contributed by atoms with Gasteiger partial charge in [0, 0.05) is 27.7 Å². The van der Waals surface area contributed by atoms with Gasteiger partial charge in [-0.2, -0.15) is 0 Å². The Hall–Kier alpha value is -2.44. The molecule has 4 rings (SSSR count). The lowest BCUT2D eigenvalue weighted by molar-refractivity contribution is -0.534. The molecule has 0 aromatic heterocycles. The van der Waals surface area contributed by atoms with Crippen molar-refractivity contribution in [2.45, 2.75) is 17.5 Å². The normalized spacial score (nSPS) is 28.2. The molecule has 25 heavy (non-hydrogen) atoms. The van der Waals surface area contributed by atoms with Crippen molar-refractivity contribution in [1.29, 1.82) is 0 Å². The van der Waals surface area contributed by atoms with Crippen molar-refractivity contribution in [3.05, 3.63) is 74.8 Å². The van der Waals surface area contributed by atoms with E-state index < -0.39 is 17.5 Å². The third-order valence-corrected chi connectivity index (χ3v) is 5.69. The van der Waals surface area contributed by atoms with Crippen molar-refractivity contribution >= 4 is 23.2 Å². The minimum Gasteiger partial charge on any atom is -0.324 e. The Morgan fingerprint density at radius 3 is 2.64 bits per heavy atom. The summed E-state index contributed by atoms with van der Waals surface area (Å²) in [5, 5.41) is 15.4. The number of para-hydroxylation sites is 1. The lowest BCUT2D eigenvalue weighted by Gasteiger charge is -2.30. The Balaban J connectivity index is 1.94. The zero-order valence-electron chi connectivity index (χ0n) is 13.5. The molecule has 2 aromatic carbocycles. The lowest BCUT2D eigenvalue weighted by Crippen LogP contribution is -2.54. The summed E-state index contributed by atoms with van der Waals surface area (Å²) in [4.78, 5) is 26.5. The standard InChI is InChI=1S/C18H16ClN3O3/c1-21-10-12(11-6-2-4-8-14(11)19)16(22(24)25)18(21)13-7-3-5-9-15(13)20-17(18)23/h2-9,12,16H,10H2,1H3,(H,20,23)/t12-,16-,18-/m0/s1. The molecule has 1 fully saturated rings. The summed E-state index contributed by atoms with van der Waals surface area (Å²) in [6.45, 7) is 0.372. The van der Waals surface area contributed by atoms with Crippen LogP contribution in [0.15, 0.2) is 48.5 Å². The van der Waals surface area contributed by atoms with Crippen molar-refractivity contribution in [3.8, 4) is 0 Å². The van der Waals surface area contributed by atoms with Gasteiger partial charge in [0.15, 0.2) is 5.54 Å². The molecule has 3 atom stereocenters. The number of likely N-dealkylation sites (N-methyl/N-ethyl adjacent to an activating group) is 1. The molecule has 0 bridgehead atoms. The molecule has 2 heterocycles. The molecule has 0 radical (unpaired) electrons. The molecular formula is C18H16ClN3O3. The maximum Gasteiger partial charge on any atom is 0.256 e. The number of nitro groups is 1. The number of hydrogen-bond acceptors (Lipinski definition) is 4. The minimum atomic E-state index is -1.33. The van der Waals surface area contributed by atoms with Crippen LogP contribution in [0.5, 0.6) is 0 Å². The topological polar surface area (TPSA) is 75.5 Å². The maximum absolute atomic E-state index is 13.0. The van der Waals surface area contributed by atoms with Crippen molar-refractivity contribution in [2.75, 3.05) is 18.9 Å². The number of nitrogens with one attached hydrogen (secondary N) is 1. The van der Waals surface area contributed by atoms with Crippen LogP contribution in [0.1, 0.15) is 17.0 Å². The summed E-state index contributed by atoms with van der Waals surface area (Å²) in [5.41, 5.74) is 0.653. The smallest absolute Gasteiger partial charge is 0.256 e. The molecule has 1 amide bonds. The van der Waals surface area contributed by atoms with Gasteiger partial charge < -0.3 is 5.32 Å². The van der Waals surface area contributed by atoms with Crippen LogP contribution in [-0.2, 0) is 10.3 Å². The number of benzene rings is 2. The van der Waals surface area contributed by atoms with Crippen LogP contribution in [0.25, 0.3) is 0 Å².